The molecule has 1 rings (SSSR count). The first kappa shape index (κ1) is 9.96. The molecule has 1 aliphatic heterocycles. The average molecular weight is 172 g/mol. The Morgan fingerprint density at radius 2 is 2.08 bits per heavy atom. The summed E-state index contributed by atoms with van der Waals surface area (Å²) in [5, 5.41) is 0. The zero-order chi connectivity index (χ0) is 8.97. The lowest BCUT2D eigenvalue weighted by atomic mass is 10.2. The minimum Gasteiger partial charge on any atom is -0.372 e. The first-order valence-corrected chi connectivity index (χ1v) is 4.80. The molecule has 0 radical (unpaired) electrons. The number of likely N-dealkylation sites (N-methyl/N-ethyl adjacent to an activating group) is 1. The molecule has 72 valence electrons. The zero-order valence-electron chi connectivity index (χ0n) is 8.12. The fraction of sp³-hybridized carbons (Fsp3) is 1.00. The van der Waals surface area contributed by atoms with E-state index in [2.05, 4.69) is 18.9 Å². The van der Waals surface area contributed by atoms with Gasteiger partial charge in [0.25, 0.3) is 0 Å². The van der Waals surface area contributed by atoms with Crippen molar-refractivity contribution < 1.29 is 4.74 Å². The van der Waals surface area contributed by atoms with Gasteiger partial charge < -0.3 is 15.4 Å². The van der Waals surface area contributed by atoms with Gasteiger partial charge in [-0.2, -0.15) is 0 Å². The molecule has 0 unspecified atom stereocenters. The summed E-state index contributed by atoms with van der Waals surface area (Å²) >= 11 is 0. The molecule has 0 bridgehead atoms. The highest BCUT2D eigenvalue weighted by molar-refractivity contribution is 4.75. The van der Waals surface area contributed by atoms with Crippen molar-refractivity contribution in [2.24, 2.45) is 5.73 Å². The second-order valence-electron chi connectivity index (χ2n) is 3.55. The lowest BCUT2D eigenvalue weighted by Gasteiger charge is -2.19. The molecule has 0 amide bonds. The maximum atomic E-state index is 5.72. The smallest absolute Gasteiger partial charge is 0.0707 e. The predicted molar refractivity (Wildman–Crippen MR) is 50.1 cm³/mol. The fourth-order valence-corrected chi connectivity index (χ4v) is 1.56. The van der Waals surface area contributed by atoms with E-state index in [0.717, 1.165) is 19.5 Å². The van der Waals surface area contributed by atoms with Crippen LogP contribution in [0.15, 0.2) is 0 Å². The predicted octanol–water partition coefficient (Wildman–Crippen LogP) is 0.444. The Hall–Kier alpha value is -0.120. The van der Waals surface area contributed by atoms with Crippen LogP contribution in [0.5, 0.6) is 0 Å². The Morgan fingerprint density at radius 3 is 2.58 bits per heavy atom. The largest absolute Gasteiger partial charge is 0.372 e. The van der Waals surface area contributed by atoms with Crippen LogP contribution in [0.25, 0.3) is 0 Å². The molecule has 0 aliphatic carbocycles. The van der Waals surface area contributed by atoms with Gasteiger partial charge in [0, 0.05) is 13.1 Å². The number of nitrogens with zero attached hydrogens (tertiary/aromatic N) is 1. The van der Waals surface area contributed by atoms with Gasteiger partial charge in [-0.15, -0.1) is 0 Å². The van der Waals surface area contributed by atoms with E-state index in [0.29, 0.717) is 18.8 Å². The van der Waals surface area contributed by atoms with Crippen molar-refractivity contribution >= 4 is 0 Å². The van der Waals surface area contributed by atoms with Crippen molar-refractivity contribution in [2.45, 2.75) is 32.0 Å². The summed E-state index contributed by atoms with van der Waals surface area (Å²) in [6.07, 6.45) is 3.05. The highest BCUT2D eigenvalue weighted by Crippen LogP contribution is 2.19. The van der Waals surface area contributed by atoms with Gasteiger partial charge >= 0.3 is 0 Å². The minimum atomic E-state index is 0.320. The highest BCUT2D eigenvalue weighted by Gasteiger charge is 2.24. The van der Waals surface area contributed by atoms with Crippen molar-refractivity contribution in [2.75, 3.05) is 26.7 Å². The number of hydrogen-bond acceptors (Lipinski definition) is 3. The lowest BCUT2D eigenvalue weighted by Crippen LogP contribution is -2.30. The first-order valence-electron chi connectivity index (χ1n) is 4.80. The van der Waals surface area contributed by atoms with E-state index in [9.17, 15) is 0 Å². The lowest BCUT2D eigenvalue weighted by molar-refractivity contribution is 0.0327. The second kappa shape index (κ2) is 4.80. The summed E-state index contributed by atoms with van der Waals surface area (Å²) in [4.78, 5) is 2.28. The van der Waals surface area contributed by atoms with Gasteiger partial charge in [0.05, 0.1) is 12.2 Å². The van der Waals surface area contributed by atoms with Crippen LogP contribution in [0.4, 0.5) is 0 Å². The van der Waals surface area contributed by atoms with Crippen LogP contribution in [0.1, 0.15) is 19.8 Å². The van der Waals surface area contributed by atoms with Crippen molar-refractivity contribution in [3.8, 4) is 0 Å². The van der Waals surface area contributed by atoms with Gasteiger partial charge in [-0.3, -0.25) is 0 Å². The van der Waals surface area contributed by atoms with Crippen molar-refractivity contribution in [1.82, 2.24) is 4.90 Å². The standard InChI is InChI=1S/C9H20N2O/c1-3-11(2)7-9-5-4-8(6-10)12-9/h8-9H,3-7,10H2,1-2H3/t8-,9+/m1/s1. The van der Waals surface area contributed by atoms with Crippen LogP contribution in [-0.2, 0) is 4.74 Å². The van der Waals surface area contributed by atoms with Gasteiger partial charge in [-0.1, -0.05) is 6.92 Å². The third-order valence-electron chi connectivity index (χ3n) is 2.51. The van der Waals surface area contributed by atoms with Crippen molar-refractivity contribution in [3.63, 3.8) is 0 Å². The summed E-state index contributed by atoms with van der Waals surface area (Å²) < 4.78 is 5.72. The normalized spacial score (nSPS) is 30.0. The molecule has 1 aliphatic rings. The van der Waals surface area contributed by atoms with Gasteiger partial charge in [0.15, 0.2) is 0 Å². The van der Waals surface area contributed by atoms with Crippen molar-refractivity contribution in [1.29, 1.82) is 0 Å². The molecule has 0 spiro atoms. The van der Waals surface area contributed by atoms with E-state index < -0.39 is 0 Å². The SMILES string of the molecule is CCN(C)C[C@@H]1CC[C@H](CN)O1. The number of ether oxygens (including phenoxy) is 1. The number of rotatable bonds is 4. The van der Waals surface area contributed by atoms with E-state index in [1.165, 1.54) is 6.42 Å². The monoisotopic (exact) mass is 172 g/mol. The molecule has 3 nitrogen and oxygen atoms in total. The molecule has 1 fully saturated rings. The summed E-state index contributed by atoms with van der Waals surface area (Å²) in [5.74, 6) is 0. The van der Waals surface area contributed by atoms with E-state index in [-0.39, 0.29) is 0 Å². The maximum absolute atomic E-state index is 5.72. The molecular weight excluding hydrogens is 152 g/mol. The Bertz CT molecular complexity index is 130. The molecule has 2 N–H and O–H groups in total. The molecule has 0 aromatic rings. The zero-order valence-corrected chi connectivity index (χ0v) is 8.12. The van der Waals surface area contributed by atoms with Crippen LogP contribution in [0.2, 0.25) is 0 Å². The summed E-state index contributed by atoms with van der Waals surface area (Å²) in [5.41, 5.74) is 5.52. The van der Waals surface area contributed by atoms with Gasteiger partial charge in [-0.25, -0.2) is 0 Å². The molecular formula is C9H20N2O. The summed E-state index contributed by atoms with van der Waals surface area (Å²) in [6.45, 7) is 4.97. The van der Waals surface area contributed by atoms with Crippen LogP contribution in [0.3, 0.4) is 0 Å². The molecule has 2 atom stereocenters. The molecule has 0 saturated carbocycles. The Balaban J connectivity index is 2.18. The Labute approximate surface area is 74.9 Å². The third-order valence-corrected chi connectivity index (χ3v) is 2.51. The van der Waals surface area contributed by atoms with E-state index in [4.69, 9.17) is 10.5 Å². The van der Waals surface area contributed by atoms with E-state index in [1.807, 2.05) is 0 Å². The number of hydrogen-bond donors (Lipinski definition) is 1. The second-order valence-corrected chi connectivity index (χ2v) is 3.55. The third kappa shape index (κ3) is 2.73. The quantitative estimate of drug-likeness (QED) is 0.669. The molecule has 1 saturated heterocycles. The average Bonchev–Trinajstić information content (AvgIpc) is 2.52. The molecule has 0 aromatic carbocycles. The number of nitrogens with two attached hydrogens (primary N) is 1. The van der Waals surface area contributed by atoms with Gasteiger partial charge in [-0.05, 0) is 26.4 Å². The van der Waals surface area contributed by atoms with E-state index in [1.54, 1.807) is 0 Å². The maximum Gasteiger partial charge on any atom is 0.0707 e. The molecule has 1 heterocycles. The van der Waals surface area contributed by atoms with Crippen LogP contribution in [-0.4, -0.2) is 43.8 Å². The Morgan fingerprint density at radius 1 is 1.42 bits per heavy atom. The minimum absolute atomic E-state index is 0.320. The van der Waals surface area contributed by atoms with Crippen LogP contribution in [0, 0.1) is 0 Å². The van der Waals surface area contributed by atoms with Gasteiger partial charge in [0.1, 0.15) is 0 Å². The molecule has 0 aromatic heterocycles. The first-order chi connectivity index (χ1) is 5.76. The Kier molecular flexibility index (Phi) is 3.98. The van der Waals surface area contributed by atoms with Gasteiger partial charge in [0.2, 0.25) is 0 Å². The fourth-order valence-electron chi connectivity index (χ4n) is 1.56. The van der Waals surface area contributed by atoms with Crippen molar-refractivity contribution in [3.05, 3.63) is 0 Å². The molecule has 3 heteroatoms. The van der Waals surface area contributed by atoms with Crippen LogP contribution >= 0.6 is 0 Å². The van der Waals surface area contributed by atoms with Crippen LogP contribution < -0.4 is 5.73 Å². The van der Waals surface area contributed by atoms with E-state index >= 15 is 0 Å². The summed E-state index contributed by atoms with van der Waals surface area (Å²) in [7, 11) is 2.12. The summed E-state index contributed by atoms with van der Waals surface area (Å²) in [6, 6.07) is 0. The highest BCUT2D eigenvalue weighted by atomic mass is 16.5. The topological polar surface area (TPSA) is 38.5 Å². The molecule has 12 heavy (non-hydrogen) atoms.